The topological polar surface area (TPSA) is 33.5 Å². The minimum absolute atomic E-state index is 0.198. The minimum Gasteiger partial charge on any atom is -0.464 e. The largest absolute Gasteiger partial charge is 0.464 e. The van der Waals surface area contributed by atoms with Crippen molar-refractivity contribution < 1.29 is 9.21 Å². The number of amides is 1. The zero-order chi connectivity index (χ0) is 13.9. The molecule has 0 N–H and O–H groups in total. The van der Waals surface area contributed by atoms with E-state index in [1.807, 2.05) is 36.2 Å². The molecule has 0 aliphatic heterocycles. The predicted octanol–water partition coefficient (Wildman–Crippen LogP) is 3.77. The second kappa shape index (κ2) is 5.70. The van der Waals surface area contributed by atoms with Gasteiger partial charge < -0.3 is 9.32 Å². The number of furan rings is 1. The summed E-state index contributed by atoms with van der Waals surface area (Å²) >= 11 is 0. The van der Waals surface area contributed by atoms with Crippen LogP contribution in [-0.4, -0.2) is 23.9 Å². The highest BCUT2D eigenvalue weighted by atomic mass is 16.3. The molecule has 1 saturated carbocycles. The molecule has 1 aliphatic carbocycles. The van der Waals surface area contributed by atoms with Gasteiger partial charge in [-0.3, -0.25) is 4.79 Å². The lowest BCUT2D eigenvalue weighted by atomic mass is 9.94. The van der Waals surface area contributed by atoms with Crippen molar-refractivity contribution in [1.29, 1.82) is 0 Å². The van der Waals surface area contributed by atoms with E-state index in [1.165, 1.54) is 19.3 Å². The first-order chi connectivity index (χ1) is 9.75. The molecule has 1 aliphatic rings. The van der Waals surface area contributed by atoms with Crippen molar-refractivity contribution in [3.63, 3.8) is 0 Å². The Hall–Kier alpha value is -1.77. The van der Waals surface area contributed by atoms with Gasteiger partial charge in [-0.15, -0.1) is 0 Å². The van der Waals surface area contributed by atoms with Crippen molar-refractivity contribution in [1.82, 2.24) is 4.90 Å². The second-order valence-electron chi connectivity index (χ2n) is 5.73. The first-order valence-corrected chi connectivity index (χ1v) is 7.46. The Balaban J connectivity index is 1.71. The van der Waals surface area contributed by atoms with Crippen LogP contribution < -0.4 is 0 Å². The van der Waals surface area contributed by atoms with Gasteiger partial charge in [0.2, 0.25) is 5.91 Å². The minimum atomic E-state index is 0.198. The Bertz CT molecular complexity index is 596. The van der Waals surface area contributed by atoms with Crippen LogP contribution in [0.3, 0.4) is 0 Å². The third-order valence-electron chi connectivity index (χ3n) is 4.42. The van der Waals surface area contributed by atoms with Gasteiger partial charge in [-0.25, -0.2) is 0 Å². The fraction of sp³-hybridized carbons (Fsp3) is 0.471. The van der Waals surface area contributed by atoms with Crippen LogP contribution >= 0.6 is 0 Å². The van der Waals surface area contributed by atoms with Crippen molar-refractivity contribution in [2.75, 3.05) is 7.05 Å². The fourth-order valence-corrected chi connectivity index (χ4v) is 3.13. The Morgan fingerprint density at radius 3 is 2.80 bits per heavy atom. The highest BCUT2D eigenvalue weighted by molar-refractivity contribution is 5.87. The number of hydrogen-bond donors (Lipinski definition) is 0. The molecule has 1 heterocycles. The number of benzene rings is 1. The van der Waals surface area contributed by atoms with E-state index in [9.17, 15) is 4.79 Å². The molecule has 1 amide bonds. The predicted molar refractivity (Wildman–Crippen MR) is 79.6 cm³/mol. The molecule has 20 heavy (non-hydrogen) atoms. The van der Waals surface area contributed by atoms with Gasteiger partial charge in [0.05, 0.1) is 12.7 Å². The van der Waals surface area contributed by atoms with Crippen molar-refractivity contribution in [3.05, 3.63) is 36.1 Å². The SMILES string of the molecule is CN(C(=O)Cc1coc2ccccc12)C1CCCCC1. The summed E-state index contributed by atoms with van der Waals surface area (Å²) in [6, 6.07) is 8.31. The van der Waals surface area contributed by atoms with Crippen LogP contribution in [0.2, 0.25) is 0 Å². The number of rotatable bonds is 3. The lowest BCUT2D eigenvalue weighted by molar-refractivity contribution is -0.131. The van der Waals surface area contributed by atoms with Gasteiger partial charge in [-0.1, -0.05) is 37.5 Å². The maximum absolute atomic E-state index is 12.4. The van der Waals surface area contributed by atoms with E-state index < -0.39 is 0 Å². The zero-order valence-electron chi connectivity index (χ0n) is 12.0. The molecule has 0 radical (unpaired) electrons. The maximum atomic E-state index is 12.4. The van der Waals surface area contributed by atoms with E-state index >= 15 is 0 Å². The average Bonchev–Trinajstić information content (AvgIpc) is 2.91. The van der Waals surface area contributed by atoms with E-state index in [-0.39, 0.29) is 5.91 Å². The van der Waals surface area contributed by atoms with Crippen LogP contribution in [0, 0.1) is 0 Å². The fourth-order valence-electron chi connectivity index (χ4n) is 3.13. The molecule has 3 rings (SSSR count). The normalized spacial score (nSPS) is 16.4. The summed E-state index contributed by atoms with van der Waals surface area (Å²) in [7, 11) is 1.95. The van der Waals surface area contributed by atoms with E-state index in [0.717, 1.165) is 29.4 Å². The van der Waals surface area contributed by atoms with Crippen LogP contribution in [0.5, 0.6) is 0 Å². The van der Waals surface area contributed by atoms with Crippen molar-refractivity contribution in [3.8, 4) is 0 Å². The zero-order valence-corrected chi connectivity index (χ0v) is 12.0. The highest BCUT2D eigenvalue weighted by Crippen LogP contribution is 2.24. The van der Waals surface area contributed by atoms with Gasteiger partial charge in [0.15, 0.2) is 0 Å². The number of hydrogen-bond acceptors (Lipinski definition) is 2. The van der Waals surface area contributed by atoms with Gasteiger partial charge in [-0.2, -0.15) is 0 Å². The molecule has 0 spiro atoms. The van der Waals surface area contributed by atoms with Gasteiger partial charge >= 0.3 is 0 Å². The molecule has 1 aromatic heterocycles. The summed E-state index contributed by atoms with van der Waals surface area (Å²) in [6.45, 7) is 0. The van der Waals surface area contributed by atoms with E-state index in [4.69, 9.17) is 4.42 Å². The van der Waals surface area contributed by atoms with Gasteiger partial charge in [0.25, 0.3) is 0 Å². The summed E-state index contributed by atoms with van der Waals surface area (Å²) in [5, 5.41) is 1.05. The highest BCUT2D eigenvalue weighted by Gasteiger charge is 2.22. The number of para-hydroxylation sites is 1. The summed E-state index contributed by atoms with van der Waals surface area (Å²) in [5.74, 6) is 0.198. The summed E-state index contributed by atoms with van der Waals surface area (Å²) in [6.07, 6.45) is 8.25. The molecule has 0 unspecified atom stereocenters. The van der Waals surface area contributed by atoms with Gasteiger partial charge in [0, 0.05) is 24.0 Å². The van der Waals surface area contributed by atoms with Crippen molar-refractivity contribution in [2.45, 2.75) is 44.6 Å². The number of likely N-dealkylation sites (N-methyl/N-ethyl adjacent to an activating group) is 1. The van der Waals surface area contributed by atoms with E-state index in [0.29, 0.717) is 12.5 Å². The number of carbonyl (C=O) groups excluding carboxylic acids is 1. The average molecular weight is 271 g/mol. The molecule has 1 aromatic carbocycles. The van der Waals surface area contributed by atoms with Gasteiger partial charge in [-0.05, 0) is 18.9 Å². The smallest absolute Gasteiger partial charge is 0.227 e. The molecule has 0 bridgehead atoms. The summed E-state index contributed by atoms with van der Waals surface area (Å²) < 4.78 is 5.50. The second-order valence-corrected chi connectivity index (χ2v) is 5.73. The molecule has 2 aromatic rings. The van der Waals surface area contributed by atoms with Crippen LogP contribution in [0.1, 0.15) is 37.7 Å². The van der Waals surface area contributed by atoms with Crippen LogP contribution in [0.25, 0.3) is 11.0 Å². The standard InChI is InChI=1S/C17H21NO2/c1-18(14-7-3-2-4-8-14)17(19)11-13-12-20-16-10-6-5-9-15(13)16/h5-6,9-10,12,14H,2-4,7-8,11H2,1H3. The van der Waals surface area contributed by atoms with Crippen LogP contribution in [0.4, 0.5) is 0 Å². The quantitative estimate of drug-likeness (QED) is 0.851. The van der Waals surface area contributed by atoms with Crippen LogP contribution in [-0.2, 0) is 11.2 Å². The van der Waals surface area contributed by atoms with Crippen molar-refractivity contribution >= 4 is 16.9 Å². The van der Waals surface area contributed by atoms with Gasteiger partial charge in [0.1, 0.15) is 5.58 Å². The molecule has 3 nitrogen and oxygen atoms in total. The molecule has 0 atom stereocenters. The molecular weight excluding hydrogens is 250 g/mol. The molecule has 3 heteroatoms. The number of nitrogens with zero attached hydrogens (tertiary/aromatic N) is 1. The Kier molecular flexibility index (Phi) is 3.77. The number of carbonyl (C=O) groups is 1. The monoisotopic (exact) mass is 271 g/mol. The Labute approximate surface area is 119 Å². The maximum Gasteiger partial charge on any atom is 0.227 e. The first-order valence-electron chi connectivity index (χ1n) is 7.46. The lowest BCUT2D eigenvalue weighted by Crippen LogP contribution is -2.39. The first kappa shape index (κ1) is 13.2. The summed E-state index contributed by atoms with van der Waals surface area (Å²) in [5.41, 5.74) is 1.85. The summed E-state index contributed by atoms with van der Waals surface area (Å²) in [4.78, 5) is 14.4. The lowest BCUT2D eigenvalue weighted by Gasteiger charge is -2.31. The Morgan fingerprint density at radius 1 is 1.25 bits per heavy atom. The van der Waals surface area contributed by atoms with E-state index in [1.54, 1.807) is 6.26 Å². The van der Waals surface area contributed by atoms with Crippen molar-refractivity contribution in [2.24, 2.45) is 0 Å². The van der Waals surface area contributed by atoms with Crippen LogP contribution in [0.15, 0.2) is 34.9 Å². The molecule has 0 saturated heterocycles. The molecule has 106 valence electrons. The third kappa shape index (κ3) is 2.58. The third-order valence-corrected chi connectivity index (χ3v) is 4.42. The number of fused-ring (bicyclic) bond motifs is 1. The molecular formula is C17H21NO2. The molecule has 1 fully saturated rings. The Morgan fingerprint density at radius 2 is 2.00 bits per heavy atom. The van der Waals surface area contributed by atoms with E-state index in [2.05, 4.69) is 0 Å².